The summed E-state index contributed by atoms with van der Waals surface area (Å²) in [6, 6.07) is 0. The summed E-state index contributed by atoms with van der Waals surface area (Å²) in [6.45, 7) is 1.04. The number of hydrogen-bond donors (Lipinski definition) is 2. The normalized spacial score (nSPS) is 10.3. The molecule has 0 unspecified atom stereocenters. The van der Waals surface area contributed by atoms with Crippen LogP contribution in [0.25, 0.3) is 0 Å². The van der Waals surface area contributed by atoms with Crippen molar-refractivity contribution in [2.75, 3.05) is 18.8 Å². The number of nitrogens with zero attached hydrogens (tertiary/aromatic N) is 2. The summed E-state index contributed by atoms with van der Waals surface area (Å²) in [5.74, 6) is -1.06. The average molecular weight is 331 g/mol. The van der Waals surface area contributed by atoms with Crippen LogP contribution in [0.5, 0.6) is 0 Å². The van der Waals surface area contributed by atoms with Crippen molar-refractivity contribution in [2.24, 2.45) is 5.73 Å². The van der Waals surface area contributed by atoms with Crippen LogP contribution in [0.2, 0.25) is 0 Å². The molecule has 0 bridgehead atoms. The molecule has 1 aromatic heterocycles. The van der Waals surface area contributed by atoms with Gasteiger partial charge in [0, 0.05) is 23.3 Å². The Bertz CT molecular complexity index is 502. The number of carboxylic acids is 1. The number of aryl methyl sites for hydroxylation is 1. The fourth-order valence-corrected chi connectivity index (χ4v) is 3.09. The van der Waals surface area contributed by atoms with E-state index in [2.05, 4.69) is 4.98 Å². The van der Waals surface area contributed by atoms with Gasteiger partial charge in [0.2, 0.25) is 11.8 Å². The number of carboxylic acid groups (broad SMARTS) is 1. The summed E-state index contributed by atoms with van der Waals surface area (Å²) in [4.78, 5) is 38.6. The SMILES string of the molecule is Cc1nc(CSCCC(=O)N(CC(N)=O)CC(=O)O)cs1. The summed E-state index contributed by atoms with van der Waals surface area (Å²) in [5, 5.41) is 11.7. The van der Waals surface area contributed by atoms with Crippen molar-refractivity contribution in [1.82, 2.24) is 9.88 Å². The minimum Gasteiger partial charge on any atom is -0.480 e. The number of rotatable bonds is 9. The lowest BCUT2D eigenvalue weighted by Gasteiger charge is -2.18. The minimum absolute atomic E-state index is 0.161. The second-order valence-electron chi connectivity index (χ2n) is 4.27. The maximum absolute atomic E-state index is 11.9. The molecule has 0 aliphatic carbocycles. The van der Waals surface area contributed by atoms with E-state index in [4.69, 9.17) is 10.8 Å². The maximum atomic E-state index is 11.9. The van der Waals surface area contributed by atoms with Crippen molar-refractivity contribution >= 4 is 40.9 Å². The predicted molar refractivity (Wildman–Crippen MR) is 81.0 cm³/mol. The van der Waals surface area contributed by atoms with Gasteiger partial charge in [0.15, 0.2) is 0 Å². The summed E-state index contributed by atoms with van der Waals surface area (Å²) in [6.07, 6.45) is 0.161. The number of carbonyl (C=O) groups is 3. The highest BCUT2D eigenvalue weighted by molar-refractivity contribution is 7.98. The first-order chi connectivity index (χ1) is 9.88. The third-order valence-corrected chi connectivity index (χ3v) is 4.22. The van der Waals surface area contributed by atoms with Gasteiger partial charge in [0.05, 0.1) is 17.2 Å². The summed E-state index contributed by atoms with van der Waals surface area (Å²) in [7, 11) is 0. The molecule has 21 heavy (non-hydrogen) atoms. The van der Waals surface area contributed by atoms with Crippen LogP contribution in [0.3, 0.4) is 0 Å². The van der Waals surface area contributed by atoms with E-state index in [0.717, 1.165) is 15.6 Å². The number of thioether (sulfide) groups is 1. The van der Waals surface area contributed by atoms with Crippen molar-refractivity contribution in [3.63, 3.8) is 0 Å². The second-order valence-corrected chi connectivity index (χ2v) is 6.44. The minimum atomic E-state index is -1.17. The van der Waals surface area contributed by atoms with Gasteiger partial charge >= 0.3 is 5.97 Å². The molecule has 0 saturated heterocycles. The highest BCUT2D eigenvalue weighted by Crippen LogP contribution is 2.16. The van der Waals surface area contributed by atoms with Gasteiger partial charge in [-0.3, -0.25) is 14.4 Å². The summed E-state index contributed by atoms with van der Waals surface area (Å²) >= 11 is 3.11. The highest BCUT2D eigenvalue weighted by atomic mass is 32.2. The van der Waals surface area contributed by atoms with Gasteiger partial charge in [-0.15, -0.1) is 11.3 Å². The van der Waals surface area contributed by atoms with Crippen LogP contribution in [0, 0.1) is 6.92 Å². The van der Waals surface area contributed by atoms with Crippen molar-refractivity contribution in [3.05, 3.63) is 16.1 Å². The van der Waals surface area contributed by atoms with Crippen molar-refractivity contribution in [3.8, 4) is 0 Å². The number of carbonyl (C=O) groups excluding carboxylic acids is 2. The Hall–Kier alpha value is -1.61. The predicted octanol–water partition coefficient (Wildman–Crippen LogP) is 0.473. The van der Waals surface area contributed by atoms with Gasteiger partial charge in [-0.1, -0.05) is 0 Å². The third-order valence-electron chi connectivity index (χ3n) is 2.40. The molecule has 1 heterocycles. The molecular weight excluding hydrogens is 314 g/mol. The molecule has 0 spiro atoms. The first-order valence-electron chi connectivity index (χ1n) is 6.15. The van der Waals surface area contributed by atoms with Gasteiger partial charge in [0.25, 0.3) is 0 Å². The van der Waals surface area contributed by atoms with Crippen LogP contribution in [-0.2, 0) is 20.1 Å². The molecule has 2 amide bonds. The molecule has 0 aromatic carbocycles. The van der Waals surface area contributed by atoms with E-state index in [1.165, 1.54) is 11.8 Å². The van der Waals surface area contributed by atoms with E-state index in [1.807, 2.05) is 12.3 Å². The van der Waals surface area contributed by atoms with E-state index in [1.54, 1.807) is 11.3 Å². The first-order valence-corrected chi connectivity index (χ1v) is 8.18. The highest BCUT2D eigenvalue weighted by Gasteiger charge is 2.18. The monoisotopic (exact) mass is 331 g/mol. The number of thiazole rings is 1. The molecular formula is C12H17N3O4S2. The van der Waals surface area contributed by atoms with Gasteiger partial charge < -0.3 is 15.7 Å². The largest absolute Gasteiger partial charge is 0.480 e. The standard InChI is InChI=1S/C12H17N3O4S2/c1-8-14-9(7-21-8)6-20-3-2-11(17)15(4-10(13)16)5-12(18)19/h7H,2-6H2,1H3,(H2,13,16)(H,18,19). The van der Waals surface area contributed by atoms with Gasteiger partial charge in [0.1, 0.15) is 6.54 Å². The maximum Gasteiger partial charge on any atom is 0.323 e. The Kier molecular flexibility index (Phi) is 7.17. The Balaban J connectivity index is 2.35. The summed E-state index contributed by atoms with van der Waals surface area (Å²) in [5.41, 5.74) is 5.97. The lowest BCUT2D eigenvalue weighted by atomic mass is 10.3. The molecule has 116 valence electrons. The number of primary amides is 1. The molecule has 9 heteroatoms. The summed E-state index contributed by atoms with van der Waals surface area (Å²) < 4.78 is 0. The molecule has 7 nitrogen and oxygen atoms in total. The second kappa shape index (κ2) is 8.63. The number of aromatic nitrogens is 1. The van der Waals surface area contributed by atoms with Crippen LogP contribution in [0.15, 0.2) is 5.38 Å². The lowest BCUT2D eigenvalue weighted by molar-refractivity contribution is -0.145. The zero-order valence-corrected chi connectivity index (χ0v) is 13.2. The van der Waals surface area contributed by atoms with Gasteiger partial charge in [-0.25, -0.2) is 4.98 Å². The van der Waals surface area contributed by atoms with E-state index >= 15 is 0 Å². The van der Waals surface area contributed by atoms with Gasteiger partial charge in [-0.2, -0.15) is 11.8 Å². The Morgan fingerprint density at radius 1 is 1.43 bits per heavy atom. The molecule has 0 saturated carbocycles. The number of hydrogen-bond acceptors (Lipinski definition) is 6. The van der Waals surface area contributed by atoms with Crippen LogP contribution in [0.4, 0.5) is 0 Å². The van der Waals surface area contributed by atoms with Crippen LogP contribution >= 0.6 is 23.1 Å². The number of nitrogens with two attached hydrogens (primary N) is 1. The lowest BCUT2D eigenvalue weighted by Crippen LogP contribution is -2.41. The molecule has 0 aliphatic rings. The molecule has 0 aliphatic heterocycles. The van der Waals surface area contributed by atoms with Crippen LogP contribution in [-0.4, -0.2) is 51.6 Å². The van der Waals surface area contributed by atoms with Crippen LogP contribution < -0.4 is 5.73 Å². The van der Waals surface area contributed by atoms with Crippen LogP contribution in [0.1, 0.15) is 17.1 Å². The Labute approximate surface area is 130 Å². The molecule has 3 N–H and O–H groups in total. The average Bonchev–Trinajstić information content (AvgIpc) is 2.78. The number of aliphatic carboxylic acids is 1. The van der Waals surface area contributed by atoms with E-state index in [9.17, 15) is 14.4 Å². The Morgan fingerprint density at radius 3 is 2.67 bits per heavy atom. The zero-order valence-electron chi connectivity index (χ0n) is 11.6. The van der Waals surface area contributed by atoms with Crippen molar-refractivity contribution in [2.45, 2.75) is 19.1 Å². The van der Waals surface area contributed by atoms with Gasteiger partial charge in [-0.05, 0) is 6.92 Å². The molecule has 1 aromatic rings. The van der Waals surface area contributed by atoms with E-state index < -0.39 is 24.3 Å². The molecule has 1 rings (SSSR count). The van der Waals surface area contributed by atoms with E-state index in [-0.39, 0.29) is 13.0 Å². The third kappa shape index (κ3) is 7.09. The quantitative estimate of drug-likeness (QED) is 0.636. The molecule has 0 atom stereocenters. The fraction of sp³-hybridized carbons (Fsp3) is 0.500. The number of amides is 2. The van der Waals surface area contributed by atoms with Crippen molar-refractivity contribution < 1.29 is 19.5 Å². The fourth-order valence-electron chi connectivity index (χ4n) is 1.55. The van der Waals surface area contributed by atoms with Crippen molar-refractivity contribution in [1.29, 1.82) is 0 Å². The molecule has 0 radical (unpaired) electrons. The zero-order chi connectivity index (χ0) is 15.8. The van der Waals surface area contributed by atoms with E-state index in [0.29, 0.717) is 11.5 Å². The Morgan fingerprint density at radius 2 is 2.14 bits per heavy atom. The smallest absolute Gasteiger partial charge is 0.323 e. The molecule has 0 fully saturated rings. The first kappa shape index (κ1) is 17.4. The topological polar surface area (TPSA) is 114 Å².